The van der Waals surface area contributed by atoms with Crippen molar-refractivity contribution in [2.24, 2.45) is 22.6 Å². The third-order valence-electron chi connectivity index (χ3n) is 5.90. The summed E-state index contributed by atoms with van der Waals surface area (Å²) in [6.45, 7) is 4.54. The van der Waals surface area contributed by atoms with E-state index in [2.05, 4.69) is 15.3 Å². The van der Waals surface area contributed by atoms with Gasteiger partial charge in [-0.15, -0.1) is 0 Å². The lowest BCUT2D eigenvalue weighted by Gasteiger charge is -2.41. The Morgan fingerprint density at radius 3 is 2.65 bits per heavy atom. The van der Waals surface area contributed by atoms with Crippen LogP contribution in [0.1, 0.15) is 43.5 Å². The van der Waals surface area contributed by atoms with Crippen molar-refractivity contribution < 1.29 is 18.0 Å². The van der Waals surface area contributed by atoms with E-state index in [1.807, 2.05) is 26.0 Å². The van der Waals surface area contributed by atoms with Crippen molar-refractivity contribution in [2.45, 2.75) is 39.2 Å². The number of alkyl halides is 1. The molecule has 0 fully saturated rings. The smallest absolute Gasteiger partial charge is 0.211 e. The van der Waals surface area contributed by atoms with E-state index in [9.17, 15) is 18.0 Å². The van der Waals surface area contributed by atoms with Gasteiger partial charge in [-0.3, -0.25) is 19.2 Å². The molecule has 2 unspecified atom stereocenters. The molecule has 0 saturated carbocycles. The van der Waals surface area contributed by atoms with E-state index < -0.39 is 23.9 Å². The number of aliphatic imine (C=N–C) groups is 1. The second-order valence-electron chi connectivity index (χ2n) is 8.09. The first-order valence-electron chi connectivity index (χ1n) is 10.8. The van der Waals surface area contributed by atoms with Crippen molar-refractivity contribution in [2.75, 3.05) is 12.0 Å². The SMILES string of the molecule is CCC1C(N)=NC(c2cc(NC=O)ccc2F)([C@@H](C)CF)C/C1=C\F.Cc1ccc(C#N)cn1. The molecule has 6 nitrogen and oxygen atoms in total. The van der Waals surface area contributed by atoms with Crippen molar-refractivity contribution in [3.63, 3.8) is 0 Å². The number of hydrogen-bond acceptors (Lipinski definition) is 5. The Morgan fingerprint density at radius 1 is 1.38 bits per heavy atom. The van der Waals surface area contributed by atoms with Gasteiger partial charge >= 0.3 is 0 Å². The van der Waals surface area contributed by atoms with Gasteiger partial charge in [0.1, 0.15) is 17.7 Å². The van der Waals surface area contributed by atoms with E-state index in [1.54, 1.807) is 19.2 Å². The molecule has 0 spiro atoms. The van der Waals surface area contributed by atoms with Crippen molar-refractivity contribution in [1.82, 2.24) is 4.98 Å². The topological polar surface area (TPSA) is 104 Å². The molecule has 1 aliphatic heterocycles. The number of carbonyl (C=O) groups excluding carboxylic acids is 1. The Kier molecular flexibility index (Phi) is 9.36. The minimum absolute atomic E-state index is 0.0231. The highest BCUT2D eigenvalue weighted by molar-refractivity contribution is 5.87. The Hall–Kier alpha value is -3.67. The minimum atomic E-state index is -1.37. The van der Waals surface area contributed by atoms with Gasteiger partial charge in [0.2, 0.25) is 6.41 Å². The van der Waals surface area contributed by atoms with Crippen LogP contribution in [0.4, 0.5) is 18.9 Å². The summed E-state index contributed by atoms with van der Waals surface area (Å²) in [5.41, 5.74) is 7.01. The first-order chi connectivity index (χ1) is 16.3. The molecule has 3 rings (SSSR count). The Balaban J connectivity index is 0.000000379. The normalized spacial score (nSPS) is 21.5. The van der Waals surface area contributed by atoms with Gasteiger partial charge in [0.05, 0.1) is 24.1 Å². The van der Waals surface area contributed by atoms with Gasteiger partial charge in [0.15, 0.2) is 0 Å². The fraction of sp³-hybridized carbons (Fsp3) is 0.360. The third kappa shape index (κ3) is 5.81. The fourth-order valence-corrected chi connectivity index (χ4v) is 3.94. The molecule has 1 aliphatic rings. The molecule has 2 heterocycles. The van der Waals surface area contributed by atoms with Crippen LogP contribution in [0.25, 0.3) is 0 Å². The number of benzene rings is 1. The number of nitrogens with two attached hydrogens (primary N) is 1. The predicted octanol–water partition coefficient (Wildman–Crippen LogP) is 5.10. The number of nitrogens with zero attached hydrogens (tertiary/aromatic N) is 3. The van der Waals surface area contributed by atoms with Crippen LogP contribution in [0, 0.1) is 35.9 Å². The summed E-state index contributed by atoms with van der Waals surface area (Å²) in [5, 5.41) is 10.8. The maximum Gasteiger partial charge on any atom is 0.211 e. The number of halogens is 3. The van der Waals surface area contributed by atoms with Gasteiger partial charge < -0.3 is 11.1 Å². The van der Waals surface area contributed by atoms with Crippen LogP contribution in [0.3, 0.4) is 0 Å². The molecule has 0 aliphatic carbocycles. The highest BCUT2D eigenvalue weighted by Gasteiger charge is 2.45. The fourth-order valence-electron chi connectivity index (χ4n) is 3.94. The van der Waals surface area contributed by atoms with E-state index in [-0.39, 0.29) is 23.7 Å². The van der Waals surface area contributed by atoms with Gasteiger partial charge in [0, 0.05) is 41.4 Å². The number of anilines is 1. The largest absolute Gasteiger partial charge is 0.387 e. The molecule has 34 heavy (non-hydrogen) atoms. The zero-order valence-electron chi connectivity index (χ0n) is 19.4. The molecule has 9 heteroatoms. The molecule has 3 atom stereocenters. The zero-order valence-corrected chi connectivity index (χ0v) is 19.4. The molecule has 1 aromatic heterocycles. The van der Waals surface area contributed by atoms with Crippen molar-refractivity contribution in [3.8, 4) is 6.07 Å². The molecule has 3 N–H and O–H groups in total. The second-order valence-corrected chi connectivity index (χ2v) is 8.09. The highest BCUT2D eigenvalue weighted by Crippen LogP contribution is 2.47. The summed E-state index contributed by atoms with van der Waals surface area (Å²) in [5.74, 6) is -1.57. The summed E-state index contributed by atoms with van der Waals surface area (Å²) in [6, 6.07) is 9.52. The lowest BCUT2D eigenvalue weighted by Crippen LogP contribution is -2.43. The number of hydrogen-bond donors (Lipinski definition) is 2. The van der Waals surface area contributed by atoms with Gasteiger partial charge in [-0.2, -0.15) is 5.26 Å². The number of aryl methyl sites for hydroxylation is 1. The number of pyridine rings is 1. The van der Waals surface area contributed by atoms with Gasteiger partial charge in [-0.1, -0.05) is 13.8 Å². The van der Waals surface area contributed by atoms with Crippen molar-refractivity contribution in [1.29, 1.82) is 5.26 Å². The van der Waals surface area contributed by atoms with E-state index in [1.165, 1.54) is 18.2 Å². The van der Waals surface area contributed by atoms with Crippen molar-refractivity contribution in [3.05, 3.63) is 71.1 Å². The molecule has 1 aromatic carbocycles. The van der Waals surface area contributed by atoms with Crippen LogP contribution in [0.5, 0.6) is 0 Å². The Morgan fingerprint density at radius 2 is 2.12 bits per heavy atom. The summed E-state index contributed by atoms with van der Waals surface area (Å²) < 4.78 is 41.7. The molecule has 180 valence electrons. The van der Waals surface area contributed by atoms with E-state index in [0.717, 1.165) is 5.69 Å². The molecule has 1 amide bonds. The van der Waals surface area contributed by atoms with Gasteiger partial charge in [-0.25, -0.2) is 8.78 Å². The van der Waals surface area contributed by atoms with Crippen LogP contribution in [-0.4, -0.2) is 23.9 Å². The molecular formula is C25H28F3N5O. The predicted molar refractivity (Wildman–Crippen MR) is 126 cm³/mol. The third-order valence-corrected chi connectivity index (χ3v) is 5.90. The summed E-state index contributed by atoms with van der Waals surface area (Å²) in [6.07, 6.45) is 3.05. The number of amidine groups is 1. The average Bonchev–Trinajstić information content (AvgIpc) is 2.85. The maximum absolute atomic E-state index is 14.6. The summed E-state index contributed by atoms with van der Waals surface area (Å²) in [7, 11) is 0. The lowest BCUT2D eigenvalue weighted by molar-refractivity contribution is -0.105. The van der Waals surface area contributed by atoms with E-state index in [4.69, 9.17) is 11.0 Å². The first-order valence-corrected chi connectivity index (χ1v) is 10.8. The molecule has 0 radical (unpaired) electrons. The average molecular weight is 472 g/mol. The number of nitrogens with one attached hydrogen (secondary N) is 1. The molecule has 2 aromatic rings. The van der Waals surface area contributed by atoms with Crippen LogP contribution < -0.4 is 11.1 Å². The minimum Gasteiger partial charge on any atom is -0.387 e. The van der Waals surface area contributed by atoms with Crippen LogP contribution >= 0.6 is 0 Å². The van der Waals surface area contributed by atoms with Crippen LogP contribution in [-0.2, 0) is 10.3 Å². The first kappa shape index (κ1) is 26.6. The summed E-state index contributed by atoms with van der Waals surface area (Å²) in [4.78, 5) is 19.1. The maximum atomic E-state index is 14.6. The lowest BCUT2D eigenvalue weighted by atomic mass is 9.70. The van der Waals surface area contributed by atoms with Crippen molar-refractivity contribution >= 4 is 17.9 Å². The molecule has 0 bridgehead atoms. The molecule has 0 saturated heterocycles. The van der Waals surface area contributed by atoms with E-state index in [0.29, 0.717) is 36.0 Å². The molecular weight excluding hydrogens is 443 g/mol. The van der Waals surface area contributed by atoms with Gasteiger partial charge in [-0.05, 0) is 49.2 Å². The van der Waals surface area contributed by atoms with Crippen LogP contribution in [0.2, 0.25) is 0 Å². The van der Waals surface area contributed by atoms with Crippen LogP contribution in [0.15, 0.2) is 53.4 Å². The van der Waals surface area contributed by atoms with Gasteiger partial charge in [0.25, 0.3) is 0 Å². The standard InChI is InChI=1S/C18H22F3N3O.C7H6N2/c1-3-14-12(9-20)7-18(11(2)8-19,24-17(14)22)15-6-13(23-10-25)4-5-16(15)21;1-6-2-3-7(4-8)5-9-6/h4-6,9-11,14H,3,7-8H2,1-2H3,(H2,22,24)(H,23,25);2-3,5H,1H3/b12-9+;/t11-,14?,18?;/m0./s1. The zero-order chi connectivity index (χ0) is 25.3. The number of amides is 1. The number of carbonyl (C=O) groups is 1. The summed E-state index contributed by atoms with van der Waals surface area (Å²) >= 11 is 0. The van der Waals surface area contributed by atoms with E-state index >= 15 is 0 Å². The monoisotopic (exact) mass is 471 g/mol. The quantitative estimate of drug-likeness (QED) is 0.572. The highest BCUT2D eigenvalue weighted by atomic mass is 19.1. The second kappa shape index (κ2) is 12.0. The number of rotatable bonds is 6. The number of nitriles is 1. The Bertz CT molecular complexity index is 1090. The number of aromatic nitrogens is 1. The Labute approximate surface area is 197 Å².